The van der Waals surface area contributed by atoms with E-state index in [1.54, 1.807) is 7.05 Å². The van der Waals surface area contributed by atoms with Crippen molar-refractivity contribution in [3.63, 3.8) is 0 Å². The van der Waals surface area contributed by atoms with Crippen molar-refractivity contribution in [1.82, 2.24) is 15.5 Å². The number of halogens is 2. The topological polar surface area (TPSA) is 72.0 Å². The Morgan fingerprint density at radius 3 is 2.38 bits per heavy atom. The maximum Gasteiger partial charge on any atom is 0.319 e. The molecule has 2 aromatic rings. The second-order valence-electron chi connectivity index (χ2n) is 7.92. The van der Waals surface area contributed by atoms with Crippen molar-refractivity contribution >= 4 is 23.4 Å². The first-order valence-electron chi connectivity index (χ1n) is 10.7. The predicted octanol–water partition coefficient (Wildman–Crippen LogP) is 3.39. The van der Waals surface area contributed by atoms with E-state index in [4.69, 9.17) is 0 Å². The fourth-order valence-corrected chi connectivity index (χ4v) is 3.54. The van der Waals surface area contributed by atoms with Crippen LogP contribution in [0.25, 0.3) is 0 Å². The highest BCUT2D eigenvalue weighted by molar-refractivity contribution is 5.89. The third-order valence-corrected chi connectivity index (χ3v) is 5.12. The van der Waals surface area contributed by atoms with Crippen molar-refractivity contribution in [1.29, 1.82) is 0 Å². The highest BCUT2D eigenvalue weighted by Crippen LogP contribution is 2.22. The summed E-state index contributed by atoms with van der Waals surface area (Å²) in [4.78, 5) is 20.1. The lowest BCUT2D eigenvalue weighted by Gasteiger charge is -2.37. The molecule has 3 N–H and O–H groups in total. The van der Waals surface area contributed by atoms with Gasteiger partial charge in [0.2, 0.25) is 0 Å². The lowest BCUT2D eigenvalue weighted by atomic mass is 10.2. The van der Waals surface area contributed by atoms with Crippen molar-refractivity contribution in [3.8, 4) is 0 Å². The van der Waals surface area contributed by atoms with Crippen LogP contribution in [0.5, 0.6) is 0 Å². The van der Waals surface area contributed by atoms with Gasteiger partial charge in [-0.15, -0.1) is 0 Å². The fraction of sp³-hybridized carbons (Fsp3) is 0.391. The summed E-state index contributed by atoms with van der Waals surface area (Å²) in [6.45, 7) is 6.80. The van der Waals surface area contributed by atoms with E-state index in [-0.39, 0.29) is 12.1 Å². The average molecular weight is 445 g/mol. The number of nitrogens with one attached hydrogen (secondary N) is 3. The Balaban J connectivity index is 1.50. The molecule has 9 heteroatoms. The van der Waals surface area contributed by atoms with Gasteiger partial charge < -0.3 is 25.8 Å². The van der Waals surface area contributed by atoms with Gasteiger partial charge >= 0.3 is 6.03 Å². The number of carbonyl (C=O) groups is 1. The minimum atomic E-state index is -0.442. The summed E-state index contributed by atoms with van der Waals surface area (Å²) in [6, 6.07) is 11.0. The molecule has 1 saturated heterocycles. The van der Waals surface area contributed by atoms with E-state index in [1.807, 2.05) is 43.0 Å². The summed E-state index contributed by atoms with van der Waals surface area (Å²) in [5, 5.41) is 8.92. The Morgan fingerprint density at radius 1 is 1.06 bits per heavy atom. The molecular formula is C23H30F2N6O. The van der Waals surface area contributed by atoms with E-state index in [2.05, 4.69) is 25.8 Å². The third-order valence-electron chi connectivity index (χ3n) is 5.12. The molecule has 1 aliphatic heterocycles. The number of nitrogens with zero attached hydrogens (tertiary/aromatic N) is 3. The van der Waals surface area contributed by atoms with E-state index < -0.39 is 11.6 Å². The van der Waals surface area contributed by atoms with Crippen LogP contribution in [0.4, 0.5) is 25.0 Å². The Labute approximate surface area is 187 Å². The SMILES string of the molecule is CN=C(NCc1ccc(NC(=O)NC(C)C)cc1)N1CCN(c2cc(F)ccc2F)CC1. The van der Waals surface area contributed by atoms with E-state index in [0.717, 1.165) is 29.3 Å². The lowest BCUT2D eigenvalue weighted by Crippen LogP contribution is -2.52. The number of aliphatic imine (C=N–C) groups is 1. The molecule has 2 amide bonds. The van der Waals surface area contributed by atoms with E-state index in [9.17, 15) is 13.6 Å². The quantitative estimate of drug-likeness (QED) is 0.488. The number of urea groups is 1. The maximum absolute atomic E-state index is 14.1. The molecular weight excluding hydrogens is 414 g/mol. The molecule has 0 spiro atoms. The van der Waals surface area contributed by atoms with Crippen LogP contribution in [0, 0.1) is 11.6 Å². The van der Waals surface area contributed by atoms with Gasteiger partial charge in [-0.2, -0.15) is 0 Å². The van der Waals surface area contributed by atoms with E-state index in [0.29, 0.717) is 38.4 Å². The molecule has 2 aromatic carbocycles. The minimum absolute atomic E-state index is 0.0694. The van der Waals surface area contributed by atoms with Crippen molar-refractivity contribution < 1.29 is 13.6 Å². The molecule has 0 atom stereocenters. The van der Waals surface area contributed by atoms with Gasteiger partial charge in [-0.1, -0.05) is 12.1 Å². The summed E-state index contributed by atoms with van der Waals surface area (Å²) in [6.07, 6.45) is 0. The van der Waals surface area contributed by atoms with Crippen molar-refractivity contribution in [2.75, 3.05) is 43.4 Å². The number of rotatable bonds is 5. The molecule has 0 radical (unpaired) electrons. The summed E-state index contributed by atoms with van der Waals surface area (Å²) < 4.78 is 27.6. The summed E-state index contributed by atoms with van der Waals surface area (Å²) in [7, 11) is 1.72. The van der Waals surface area contributed by atoms with Crippen LogP contribution in [-0.4, -0.2) is 56.2 Å². The van der Waals surface area contributed by atoms with Crippen LogP contribution in [0.2, 0.25) is 0 Å². The largest absolute Gasteiger partial charge is 0.366 e. The molecule has 0 bridgehead atoms. The van der Waals surface area contributed by atoms with Gasteiger partial charge in [0, 0.05) is 57.6 Å². The van der Waals surface area contributed by atoms with Gasteiger partial charge in [-0.05, 0) is 43.7 Å². The van der Waals surface area contributed by atoms with Gasteiger partial charge in [0.25, 0.3) is 0 Å². The van der Waals surface area contributed by atoms with E-state index in [1.165, 1.54) is 6.07 Å². The number of piperazine rings is 1. The number of hydrogen-bond acceptors (Lipinski definition) is 3. The number of anilines is 2. The molecule has 0 unspecified atom stereocenters. The molecule has 0 aliphatic carbocycles. The van der Waals surface area contributed by atoms with Gasteiger partial charge in [0.05, 0.1) is 5.69 Å². The summed E-state index contributed by atoms with van der Waals surface area (Å²) in [5.41, 5.74) is 2.06. The Kier molecular flexibility index (Phi) is 7.86. The second kappa shape index (κ2) is 10.8. The Morgan fingerprint density at radius 2 is 1.75 bits per heavy atom. The van der Waals surface area contributed by atoms with Gasteiger partial charge in [0.1, 0.15) is 11.6 Å². The zero-order valence-corrected chi connectivity index (χ0v) is 18.7. The summed E-state index contributed by atoms with van der Waals surface area (Å²) in [5.74, 6) is -0.104. The predicted molar refractivity (Wildman–Crippen MR) is 124 cm³/mol. The normalized spacial score (nSPS) is 14.5. The number of amides is 2. The van der Waals surface area contributed by atoms with Crippen molar-refractivity contribution in [3.05, 3.63) is 59.7 Å². The lowest BCUT2D eigenvalue weighted by molar-refractivity contribution is 0.250. The van der Waals surface area contributed by atoms with Crippen molar-refractivity contribution in [2.45, 2.75) is 26.4 Å². The zero-order valence-electron chi connectivity index (χ0n) is 18.7. The third kappa shape index (κ3) is 6.32. The van der Waals surface area contributed by atoms with Crippen LogP contribution < -0.4 is 20.9 Å². The van der Waals surface area contributed by atoms with Gasteiger partial charge in [-0.25, -0.2) is 13.6 Å². The highest BCUT2D eigenvalue weighted by Gasteiger charge is 2.22. The minimum Gasteiger partial charge on any atom is -0.366 e. The molecule has 0 saturated carbocycles. The Bertz CT molecular complexity index is 940. The van der Waals surface area contributed by atoms with Gasteiger partial charge in [-0.3, -0.25) is 4.99 Å². The number of carbonyl (C=O) groups excluding carboxylic acids is 1. The van der Waals surface area contributed by atoms with Crippen LogP contribution in [0.3, 0.4) is 0 Å². The molecule has 1 heterocycles. The maximum atomic E-state index is 14.1. The van der Waals surface area contributed by atoms with Crippen LogP contribution in [0.1, 0.15) is 19.4 Å². The first-order chi connectivity index (χ1) is 15.4. The number of benzene rings is 2. The Hall–Kier alpha value is -3.36. The highest BCUT2D eigenvalue weighted by atomic mass is 19.1. The monoisotopic (exact) mass is 444 g/mol. The number of guanidine groups is 1. The van der Waals surface area contributed by atoms with Crippen LogP contribution >= 0.6 is 0 Å². The average Bonchev–Trinajstić information content (AvgIpc) is 2.77. The molecule has 172 valence electrons. The van der Waals surface area contributed by atoms with E-state index >= 15 is 0 Å². The fourth-order valence-electron chi connectivity index (χ4n) is 3.54. The van der Waals surface area contributed by atoms with Crippen LogP contribution in [-0.2, 0) is 6.54 Å². The first-order valence-corrected chi connectivity index (χ1v) is 10.7. The molecule has 1 aliphatic rings. The molecule has 0 aromatic heterocycles. The van der Waals surface area contributed by atoms with Gasteiger partial charge in [0.15, 0.2) is 5.96 Å². The van der Waals surface area contributed by atoms with Crippen molar-refractivity contribution in [2.24, 2.45) is 4.99 Å². The smallest absolute Gasteiger partial charge is 0.319 e. The van der Waals surface area contributed by atoms with Crippen LogP contribution in [0.15, 0.2) is 47.5 Å². The second-order valence-corrected chi connectivity index (χ2v) is 7.92. The first kappa shape index (κ1) is 23.3. The summed E-state index contributed by atoms with van der Waals surface area (Å²) >= 11 is 0. The molecule has 1 fully saturated rings. The standard InChI is InChI=1S/C23H30F2N6O/c1-16(2)28-23(32)29-19-7-4-17(5-8-19)15-27-22(26-3)31-12-10-30(11-13-31)21-14-18(24)6-9-20(21)25/h4-9,14,16H,10-13,15H2,1-3H3,(H,26,27)(H2,28,29,32). The molecule has 32 heavy (non-hydrogen) atoms. The zero-order chi connectivity index (χ0) is 23.1. The molecule has 7 nitrogen and oxygen atoms in total. The molecule has 3 rings (SSSR count). The number of hydrogen-bond donors (Lipinski definition) is 3.